The fourth-order valence-corrected chi connectivity index (χ4v) is 1.25. The van der Waals surface area contributed by atoms with Crippen LogP contribution >= 0.6 is 0 Å². The minimum absolute atomic E-state index is 0.0870. The van der Waals surface area contributed by atoms with Gasteiger partial charge >= 0.3 is 12.1 Å². The van der Waals surface area contributed by atoms with Gasteiger partial charge in [-0.25, -0.2) is 0 Å². The van der Waals surface area contributed by atoms with Crippen LogP contribution in [-0.2, 0) is 12.5 Å². The zero-order valence-corrected chi connectivity index (χ0v) is 9.15. The standard InChI is InChI=1S/C8H11F5N4/c1-3-14-6-16-15-5(17(6)4-2)7(9,10)8(11,12)13/h3-4H2,1-2H3,(H,14,16). The van der Waals surface area contributed by atoms with Gasteiger partial charge in [-0.3, -0.25) is 4.57 Å². The van der Waals surface area contributed by atoms with Crippen LogP contribution in [0.4, 0.5) is 27.9 Å². The molecule has 0 saturated heterocycles. The van der Waals surface area contributed by atoms with Crippen LogP contribution in [0.25, 0.3) is 0 Å². The SMILES string of the molecule is CCNc1nnc(C(F)(F)C(F)(F)F)n1CC. The summed E-state index contributed by atoms with van der Waals surface area (Å²) in [5.74, 6) is -6.51. The van der Waals surface area contributed by atoms with E-state index in [-0.39, 0.29) is 12.5 Å². The summed E-state index contributed by atoms with van der Waals surface area (Å²) >= 11 is 0. The summed E-state index contributed by atoms with van der Waals surface area (Å²) in [7, 11) is 0. The molecule has 1 N–H and O–H groups in total. The van der Waals surface area contributed by atoms with Crippen LogP contribution in [0.5, 0.6) is 0 Å². The Morgan fingerprint density at radius 1 is 1.12 bits per heavy atom. The van der Waals surface area contributed by atoms with Crippen molar-refractivity contribution >= 4 is 5.95 Å². The summed E-state index contributed by atoms with van der Waals surface area (Å²) in [4.78, 5) is 0. The van der Waals surface area contributed by atoms with Crippen molar-refractivity contribution < 1.29 is 22.0 Å². The lowest BCUT2D eigenvalue weighted by molar-refractivity contribution is -0.293. The van der Waals surface area contributed by atoms with E-state index in [9.17, 15) is 22.0 Å². The average Bonchev–Trinajstić information content (AvgIpc) is 2.60. The van der Waals surface area contributed by atoms with Gasteiger partial charge in [0.25, 0.3) is 0 Å². The van der Waals surface area contributed by atoms with E-state index < -0.39 is 17.9 Å². The number of anilines is 1. The Hall–Kier alpha value is -1.41. The molecule has 1 aromatic rings. The summed E-state index contributed by atoms with van der Waals surface area (Å²) in [6, 6.07) is 0. The van der Waals surface area contributed by atoms with Crippen molar-refractivity contribution in [3.63, 3.8) is 0 Å². The van der Waals surface area contributed by atoms with Crippen LogP contribution in [-0.4, -0.2) is 27.5 Å². The van der Waals surface area contributed by atoms with E-state index in [1.807, 2.05) is 0 Å². The Morgan fingerprint density at radius 3 is 2.12 bits per heavy atom. The van der Waals surface area contributed by atoms with Crippen molar-refractivity contribution in [1.82, 2.24) is 14.8 Å². The lowest BCUT2D eigenvalue weighted by Gasteiger charge is -2.19. The molecule has 1 rings (SSSR count). The van der Waals surface area contributed by atoms with Crippen molar-refractivity contribution in [1.29, 1.82) is 0 Å². The predicted molar refractivity (Wildman–Crippen MR) is 49.8 cm³/mol. The number of halogens is 5. The first kappa shape index (κ1) is 13.7. The zero-order valence-electron chi connectivity index (χ0n) is 9.15. The minimum atomic E-state index is -5.68. The monoisotopic (exact) mass is 258 g/mol. The molecule has 0 aliphatic heterocycles. The lowest BCUT2D eigenvalue weighted by atomic mass is 10.3. The van der Waals surface area contributed by atoms with E-state index in [1.165, 1.54) is 6.92 Å². The van der Waals surface area contributed by atoms with Crippen LogP contribution in [0.1, 0.15) is 19.7 Å². The molecule has 0 saturated carbocycles. The molecule has 0 atom stereocenters. The number of hydrogen-bond acceptors (Lipinski definition) is 3. The van der Waals surface area contributed by atoms with Crippen molar-refractivity contribution in [3.8, 4) is 0 Å². The van der Waals surface area contributed by atoms with E-state index >= 15 is 0 Å². The number of rotatable bonds is 4. The van der Waals surface area contributed by atoms with Gasteiger partial charge in [0.2, 0.25) is 11.8 Å². The second-order valence-electron chi connectivity index (χ2n) is 3.19. The zero-order chi connectivity index (χ0) is 13.3. The molecule has 0 aromatic carbocycles. The van der Waals surface area contributed by atoms with E-state index in [4.69, 9.17) is 0 Å². The van der Waals surface area contributed by atoms with E-state index in [2.05, 4.69) is 15.5 Å². The molecule has 0 spiro atoms. The Morgan fingerprint density at radius 2 is 1.71 bits per heavy atom. The quantitative estimate of drug-likeness (QED) is 0.843. The fraction of sp³-hybridized carbons (Fsp3) is 0.750. The third kappa shape index (κ3) is 2.32. The Labute approximate surface area is 93.8 Å². The summed E-state index contributed by atoms with van der Waals surface area (Å²) in [6.07, 6.45) is -5.68. The number of nitrogens with zero attached hydrogens (tertiary/aromatic N) is 3. The summed E-state index contributed by atoms with van der Waals surface area (Å²) < 4.78 is 63.4. The Bertz CT molecular complexity index is 384. The second-order valence-corrected chi connectivity index (χ2v) is 3.19. The van der Waals surface area contributed by atoms with Crippen molar-refractivity contribution in [2.24, 2.45) is 0 Å². The molecular formula is C8H11F5N4. The third-order valence-electron chi connectivity index (χ3n) is 2.04. The highest BCUT2D eigenvalue weighted by Gasteiger charge is 2.62. The van der Waals surface area contributed by atoms with Crippen LogP contribution < -0.4 is 5.32 Å². The summed E-state index contributed by atoms with van der Waals surface area (Å²) in [6.45, 7) is 3.35. The molecule has 0 radical (unpaired) electrons. The highest BCUT2D eigenvalue weighted by molar-refractivity contribution is 5.27. The van der Waals surface area contributed by atoms with Gasteiger partial charge in [0.15, 0.2) is 0 Å². The average molecular weight is 258 g/mol. The van der Waals surface area contributed by atoms with E-state index in [0.29, 0.717) is 11.1 Å². The normalized spacial score (nSPS) is 12.9. The van der Waals surface area contributed by atoms with Crippen LogP contribution in [0.3, 0.4) is 0 Å². The highest BCUT2D eigenvalue weighted by atomic mass is 19.4. The molecule has 98 valence electrons. The number of nitrogens with one attached hydrogen (secondary N) is 1. The van der Waals surface area contributed by atoms with Crippen LogP contribution in [0.15, 0.2) is 0 Å². The first-order valence-electron chi connectivity index (χ1n) is 4.87. The first-order valence-corrected chi connectivity index (χ1v) is 4.87. The molecule has 1 heterocycles. The lowest BCUT2D eigenvalue weighted by Crippen LogP contribution is -2.36. The first-order chi connectivity index (χ1) is 7.75. The van der Waals surface area contributed by atoms with E-state index in [1.54, 1.807) is 6.92 Å². The molecular weight excluding hydrogens is 247 g/mol. The van der Waals surface area contributed by atoms with E-state index in [0.717, 1.165) is 0 Å². The minimum Gasteiger partial charge on any atom is -0.355 e. The summed E-state index contributed by atoms with van der Waals surface area (Å²) in [5.41, 5.74) is 0. The number of aromatic nitrogens is 3. The molecule has 0 amide bonds. The highest BCUT2D eigenvalue weighted by Crippen LogP contribution is 2.43. The van der Waals surface area contributed by atoms with Gasteiger partial charge in [-0.2, -0.15) is 22.0 Å². The molecule has 0 aliphatic carbocycles. The van der Waals surface area contributed by atoms with Crippen LogP contribution in [0.2, 0.25) is 0 Å². The van der Waals surface area contributed by atoms with Gasteiger partial charge in [0.1, 0.15) is 0 Å². The molecule has 1 aromatic heterocycles. The second kappa shape index (κ2) is 4.46. The third-order valence-corrected chi connectivity index (χ3v) is 2.04. The number of alkyl halides is 5. The van der Waals surface area contributed by atoms with Gasteiger partial charge in [0, 0.05) is 13.1 Å². The maximum atomic E-state index is 13.1. The largest absolute Gasteiger partial charge is 0.461 e. The van der Waals surface area contributed by atoms with Gasteiger partial charge in [-0.1, -0.05) is 0 Å². The predicted octanol–water partition coefficient (Wildman–Crippen LogP) is 2.38. The number of hydrogen-bond donors (Lipinski definition) is 1. The van der Waals surface area contributed by atoms with Crippen LogP contribution in [0, 0.1) is 0 Å². The van der Waals surface area contributed by atoms with Gasteiger partial charge in [-0.15, -0.1) is 10.2 Å². The van der Waals surface area contributed by atoms with Crippen molar-refractivity contribution in [2.75, 3.05) is 11.9 Å². The smallest absolute Gasteiger partial charge is 0.355 e. The molecule has 9 heteroatoms. The molecule has 0 bridgehead atoms. The molecule has 4 nitrogen and oxygen atoms in total. The topological polar surface area (TPSA) is 42.7 Å². The van der Waals surface area contributed by atoms with Gasteiger partial charge in [0.05, 0.1) is 0 Å². The van der Waals surface area contributed by atoms with Gasteiger partial charge < -0.3 is 5.32 Å². The van der Waals surface area contributed by atoms with Gasteiger partial charge in [-0.05, 0) is 13.8 Å². The maximum Gasteiger partial charge on any atom is 0.461 e. The Kier molecular flexibility index (Phi) is 3.58. The maximum absolute atomic E-state index is 13.1. The molecule has 0 fully saturated rings. The van der Waals surface area contributed by atoms with Crippen molar-refractivity contribution in [3.05, 3.63) is 5.82 Å². The molecule has 0 aliphatic rings. The summed E-state index contributed by atoms with van der Waals surface area (Å²) in [5, 5.41) is 8.76. The fourth-order valence-electron chi connectivity index (χ4n) is 1.25. The molecule has 17 heavy (non-hydrogen) atoms. The Balaban J connectivity index is 3.23. The molecule has 0 unspecified atom stereocenters. The van der Waals surface area contributed by atoms with Crippen molar-refractivity contribution in [2.45, 2.75) is 32.5 Å².